The van der Waals surface area contributed by atoms with Crippen LogP contribution < -0.4 is 10.6 Å². The zero-order valence-corrected chi connectivity index (χ0v) is 14.5. The van der Waals surface area contributed by atoms with Crippen molar-refractivity contribution in [2.75, 3.05) is 6.54 Å². The normalized spacial score (nSPS) is 26.5. The van der Waals surface area contributed by atoms with Gasteiger partial charge < -0.3 is 10.6 Å². The van der Waals surface area contributed by atoms with Crippen molar-refractivity contribution >= 4 is 17.5 Å². The van der Waals surface area contributed by atoms with Crippen molar-refractivity contribution in [3.05, 3.63) is 34.9 Å². The largest absolute Gasteiger partial charge is 0.352 e. The third kappa shape index (κ3) is 4.72. The van der Waals surface area contributed by atoms with E-state index in [4.69, 9.17) is 11.6 Å². The standard InChI is InChI=1S/C18H27ClN2O/c1-12-5-4-6-17(13(12)2)21-18(22)11-20-14(3)15-7-9-16(19)10-8-15/h7-10,12-14,17,20H,4-6,11H2,1-3H3,(H,21,22)/t12-,13-,14+,17-/m1/s1. The van der Waals surface area contributed by atoms with E-state index in [9.17, 15) is 4.79 Å². The third-order valence-corrected chi connectivity index (χ3v) is 5.24. The Balaban J connectivity index is 1.78. The summed E-state index contributed by atoms with van der Waals surface area (Å²) in [5, 5.41) is 7.20. The summed E-state index contributed by atoms with van der Waals surface area (Å²) < 4.78 is 0. The van der Waals surface area contributed by atoms with Gasteiger partial charge in [-0.2, -0.15) is 0 Å². The molecule has 2 N–H and O–H groups in total. The lowest BCUT2D eigenvalue weighted by Crippen LogP contribution is -2.46. The third-order valence-electron chi connectivity index (χ3n) is 4.99. The van der Waals surface area contributed by atoms with Crippen molar-refractivity contribution in [2.45, 2.75) is 52.1 Å². The van der Waals surface area contributed by atoms with Crippen LogP contribution >= 0.6 is 11.6 Å². The maximum Gasteiger partial charge on any atom is 0.234 e. The maximum atomic E-state index is 12.2. The Morgan fingerprint density at radius 1 is 1.27 bits per heavy atom. The summed E-state index contributed by atoms with van der Waals surface area (Å²) >= 11 is 5.89. The van der Waals surface area contributed by atoms with Gasteiger partial charge in [0.25, 0.3) is 0 Å². The zero-order chi connectivity index (χ0) is 16.1. The number of hydrogen-bond acceptors (Lipinski definition) is 2. The fourth-order valence-electron chi connectivity index (χ4n) is 3.16. The van der Waals surface area contributed by atoms with E-state index < -0.39 is 0 Å². The van der Waals surface area contributed by atoms with Crippen LogP contribution in [0.1, 0.15) is 51.6 Å². The van der Waals surface area contributed by atoms with Crippen molar-refractivity contribution < 1.29 is 4.79 Å². The highest BCUT2D eigenvalue weighted by molar-refractivity contribution is 6.30. The first kappa shape index (κ1) is 17.3. The van der Waals surface area contributed by atoms with Gasteiger partial charge in [-0.25, -0.2) is 0 Å². The van der Waals surface area contributed by atoms with Gasteiger partial charge in [-0.15, -0.1) is 0 Å². The highest BCUT2D eigenvalue weighted by Gasteiger charge is 2.27. The number of rotatable bonds is 5. The Kier molecular flexibility index (Phi) is 6.27. The molecule has 0 aromatic heterocycles. The average Bonchev–Trinajstić information content (AvgIpc) is 2.50. The molecule has 0 spiro atoms. The monoisotopic (exact) mass is 322 g/mol. The number of carbonyl (C=O) groups excluding carboxylic acids is 1. The number of benzene rings is 1. The molecule has 0 saturated heterocycles. The predicted octanol–water partition coefficient (Wildman–Crippen LogP) is 3.93. The predicted molar refractivity (Wildman–Crippen MR) is 92.0 cm³/mol. The lowest BCUT2D eigenvalue weighted by atomic mass is 9.78. The number of nitrogens with one attached hydrogen (secondary N) is 2. The lowest BCUT2D eigenvalue weighted by Gasteiger charge is -2.34. The van der Waals surface area contributed by atoms with Crippen LogP contribution in [0.3, 0.4) is 0 Å². The molecule has 1 aliphatic carbocycles. The van der Waals surface area contributed by atoms with Gasteiger partial charge in [0.1, 0.15) is 0 Å². The Bertz CT molecular complexity index is 488. The number of amides is 1. The van der Waals surface area contributed by atoms with Crippen LogP contribution in [0.5, 0.6) is 0 Å². The molecule has 1 aromatic carbocycles. The van der Waals surface area contributed by atoms with Crippen molar-refractivity contribution in [1.29, 1.82) is 0 Å². The highest BCUT2D eigenvalue weighted by Crippen LogP contribution is 2.29. The van der Waals surface area contributed by atoms with E-state index in [2.05, 4.69) is 31.4 Å². The molecule has 0 heterocycles. The van der Waals surface area contributed by atoms with Crippen molar-refractivity contribution in [2.24, 2.45) is 11.8 Å². The Morgan fingerprint density at radius 3 is 2.64 bits per heavy atom. The molecule has 1 aliphatic rings. The van der Waals surface area contributed by atoms with Gasteiger partial charge in [0, 0.05) is 17.1 Å². The lowest BCUT2D eigenvalue weighted by molar-refractivity contribution is -0.121. The van der Waals surface area contributed by atoms with Crippen molar-refractivity contribution in [1.82, 2.24) is 10.6 Å². The van der Waals surface area contributed by atoms with Gasteiger partial charge in [0.15, 0.2) is 0 Å². The second-order valence-electron chi connectivity index (χ2n) is 6.60. The molecule has 1 fully saturated rings. The molecule has 0 aliphatic heterocycles. The Morgan fingerprint density at radius 2 is 1.95 bits per heavy atom. The first-order valence-electron chi connectivity index (χ1n) is 8.25. The molecule has 2 rings (SSSR count). The van der Waals surface area contributed by atoms with Gasteiger partial charge in [-0.1, -0.05) is 50.4 Å². The molecule has 0 unspecified atom stereocenters. The molecule has 1 saturated carbocycles. The smallest absolute Gasteiger partial charge is 0.234 e. The van der Waals surface area contributed by atoms with Crippen LogP contribution in [0.15, 0.2) is 24.3 Å². The summed E-state index contributed by atoms with van der Waals surface area (Å²) in [5.74, 6) is 1.35. The van der Waals surface area contributed by atoms with Crippen LogP contribution in [0.25, 0.3) is 0 Å². The van der Waals surface area contributed by atoms with E-state index >= 15 is 0 Å². The fourth-order valence-corrected chi connectivity index (χ4v) is 3.28. The first-order chi connectivity index (χ1) is 10.5. The SMILES string of the molecule is C[C@@H]1[C@H](C)CCC[C@H]1NC(=O)CN[C@@H](C)c1ccc(Cl)cc1. The first-order valence-corrected chi connectivity index (χ1v) is 8.63. The Hall–Kier alpha value is -1.06. The van der Waals surface area contributed by atoms with Crippen LogP contribution in [0.4, 0.5) is 0 Å². The zero-order valence-electron chi connectivity index (χ0n) is 13.7. The number of halogens is 1. The van der Waals surface area contributed by atoms with Gasteiger partial charge in [0.2, 0.25) is 5.91 Å². The molecule has 1 aromatic rings. The van der Waals surface area contributed by atoms with E-state index in [1.54, 1.807) is 0 Å². The average molecular weight is 323 g/mol. The molecule has 22 heavy (non-hydrogen) atoms. The van der Waals surface area contributed by atoms with E-state index in [1.165, 1.54) is 12.8 Å². The molecular formula is C18H27ClN2O. The summed E-state index contributed by atoms with van der Waals surface area (Å²) in [6.07, 6.45) is 3.59. The van der Waals surface area contributed by atoms with E-state index in [1.807, 2.05) is 24.3 Å². The van der Waals surface area contributed by atoms with Crippen LogP contribution in [0, 0.1) is 11.8 Å². The molecule has 0 radical (unpaired) electrons. The van der Waals surface area contributed by atoms with Crippen molar-refractivity contribution in [3.63, 3.8) is 0 Å². The van der Waals surface area contributed by atoms with Gasteiger partial charge >= 0.3 is 0 Å². The number of carbonyl (C=O) groups is 1. The summed E-state index contributed by atoms with van der Waals surface area (Å²) in [6.45, 7) is 6.94. The topological polar surface area (TPSA) is 41.1 Å². The minimum atomic E-state index is 0.0896. The maximum absolute atomic E-state index is 12.2. The van der Waals surface area contributed by atoms with Gasteiger partial charge in [-0.3, -0.25) is 4.79 Å². The summed E-state index contributed by atoms with van der Waals surface area (Å²) in [5.41, 5.74) is 1.14. The van der Waals surface area contributed by atoms with Gasteiger partial charge in [-0.05, 0) is 42.9 Å². The van der Waals surface area contributed by atoms with Crippen LogP contribution in [-0.2, 0) is 4.79 Å². The van der Waals surface area contributed by atoms with Crippen LogP contribution in [-0.4, -0.2) is 18.5 Å². The summed E-state index contributed by atoms with van der Waals surface area (Å²) in [4.78, 5) is 12.2. The second-order valence-corrected chi connectivity index (χ2v) is 7.03. The molecule has 0 bridgehead atoms. The molecule has 4 heteroatoms. The minimum absolute atomic E-state index is 0.0896. The van der Waals surface area contributed by atoms with Gasteiger partial charge in [0.05, 0.1) is 6.54 Å². The quantitative estimate of drug-likeness (QED) is 0.862. The van der Waals surface area contributed by atoms with Crippen LogP contribution in [0.2, 0.25) is 5.02 Å². The molecule has 4 atom stereocenters. The second kappa shape index (κ2) is 7.98. The van der Waals surface area contributed by atoms with E-state index in [-0.39, 0.29) is 11.9 Å². The number of hydrogen-bond donors (Lipinski definition) is 2. The molecule has 122 valence electrons. The Labute approximate surface area is 138 Å². The highest BCUT2D eigenvalue weighted by atomic mass is 35.5. The van der Waals surface area contributed by atoms with Crippen molar-refractivity contribution in [3.8, 4) is 0 Å². The molecular weight excluding hydrogens is 296 g/mol. The molecule has 1 amide bonds. The minimum Gasteiger partial charge on any atom is -0.352 e. The van der Waals surface area contributed by atoms with E-state index in [0.29, 0.717) is 24.4 Å². The fraction of sp³-hybridized carbons (Fsp3) is 0.611. The summed E-state index contributed by atoms with van der Waals surface area (Å²) in [7, 11) is 0. The summed E-state index contributed by atoms with van der Waals surface area (Å²) in [6, 6.07) is 8.18. The van der Waals surface area contributed by atoms with E-state index in [0.717, 1.165) is 17.0 Å². The molecule has 3 nitrogen and oxygen atoms in total.